The van der Waals surface area contributed by atoms with Gasteiger partial charge in [0, 0.05) is 12.7 Å². The van der Waals surface area contributed by atoms with Crippen LogP contribution in [0.2, 0.25) is 0 Å². The first kappa shape index (κ1) is 12.3. The number of nitrogens with zero attached hydrogens (tertiary/aromatic N) is 1. The lowest BCUT2D eigenvalue weighted by Gasteiger charge is -2.17. The topological polar surface area (TPSA) is 77.2 Å². The summed E-state index contributed by atoms with van der Waals surface area (Å²) in [5.74, 6) is 1.05. The van der Waals surface area contributed by atoms with Crippen LogP contribution in [0.1, 0.15) is 36.0 Å². The van der Waals surface area contributed by atoms with Crippen molar-refractivity contribution in [2.45, 2.75) is 25.7 Å². The van der Waals surface area contributed by atoms with Crippen molar-refractivity contribution >= 4 is 17.5 Å². The first-order valence-corrected chi connectivity index (χ1v) is 6.73. The summed E-state index contributed by atoms with van der Waals surface area (Å²) >= 11 is 0. The highest BCUT2D eigenvalue weighted by molar-refractivity contribution is 5.97. The Kier molecular flexibility index (Phi) is 2.84. The van der Waals surface area contributed by atoms with Crippen LogP contribution in [0, 0.1) is 11.3 Å². The fourth-order valence-electron chi connectivity index (χ4n) is 2.75. The van der Waals surface area contributed by atoms with Gasteiger partial charge in [-0.25, -0.2) is 9.78 Å². The van der Waals surface area contributed by atoms with Crippen LogP contribution >= 0.6 is 0 Å². The Morgan fingerprint density at radius 3 is 2.89 bits per heavy atom. The van der Waals surface area contributed by atoms with E-state index in [1.54, 1.807) is 12.3 Å². The van der Waals surface area contributed by atoms with Crippen LogP contribution < -0.4 is 11.1 Å². The second-order valence-corrected chi connectivity index (χ2v) is 5.60. The van der Waals surface area contributed by atoms with E-state index in [-0.39, 0.29) is 0 Å². The third-order valence-electron chi connectivity index (χ3n) is 4.34. The molecule has 0 aliphatic heterocycles. The van der Waals surface area contributed by atoms with Crippen molar-refractivity contribution in [1.29, 1.82) is 0 Å². The third-order valence-corrected chi connectivity index (χ3v) is 4.34. The molecule has 2 aliphatic carbocycles. The summed E-state index contributed by atoms with van der Waals surface area (Å²) in [4.78, 5) is 15.8. The van der Waals surface area contributed by atoms with Gasteiger partial charge in [0.1, 0.15) is 5.82 Å². The number of carbonyl (C=O) groups is 1. The van der Waals surface area contributed by atoms with Crippen LogP contribution in [-0.4, -0.2) is 24.6 Å². The molecule has 3 N–H and O–H groups in total. The number of esters is 1. The molecule has 1 aromatic heterocycles. The minimum atomic E-state index is -0.425. The predicted octanol–water partition coefficient (Wildman–Crippen LogP) is 2.05. The molecule has 0 aromatic carbocycles. The minimum Gasteiger partial charge on any atom is -0.465 e. The summed E-state index contributed by atoms with van der Waals surface area (Å²) < 4.78 is 4.70. The lowest BCUT2D eigenvalue weighted by atomic mass is 10.0. The molecule has 1 heterocycles. The van der Waals surface area contributed by atoms with E-state index in [1.165, 1.54) is 32.8 Å². The number of pyridine rings is 1. The zero-order valence-electron chi connectivity index (χ0n) is 11.1. The van der Waals surface area contributed by atoms with Gasteiger partial charge in [-0.05, 0) is 43.1 Å². The van der Waals surface area contributed by atoms with Gasteiger partial charge >= 0.3 is 5.97 Å². The lowest BCUT2D eigenvalue weighted by Crippen LogP contribution is -2.19. The molecule has 0 saturated heterocycles. The number of anilines is 2. The zero-order valence-corrected chi connectivity index (χ0v) is 11.1. The minimum absolute atomic E-state index is 0.372. The van der Waals surface area contributed by atoms with E-state index in [0.29, 0.717) is 22.5 Å². The fraction of sp³-hybridized carbons (Fsp3) is 0.571. The average Bonchev–Trinajstić information content (AvgIpc) is 3.28. The normalized spacial score (nSPS) is 19.8. The molecule has 2 saturated carbocycles. The van der Waals surface area contributed by atoms with Crippen molar-refractivity contribution in [3.63, 3.8) is 0 Å². The van der Waals surface area contributed by atoms with Crippen molar-refractivity contribution in [3.8, 4) is 0 Å². The number of nitrogens with one attached hydrogen (secondary N) is 1. The molecule has 5 heteroatoms. The van der Waals surface area contributed by atoms with E-state index < -0.39 is 5.97 Å². The molecule has 1 aromatic rings. The molecule has 0 spiro atoms. The number of rotatable bonds is 5. The van der Waals surface area contributed by atoms with E-state index in [9.17, 15) is 4.79 Å². The highest BCUT2D eigenvalue weighted by atomic mass is 16.5. The van der Waals surface area contributed by atoms with Crippen LogP contribution in [0.5, 0.6) is 0 Å². The van der Waals surface area contributed by atoms with Gasteiger partial charge in [0.05, 0.1) is 18.4 Å². The van der Waals surface area contributed by atoms with Gasteiger partial charge in [-0.2, -0.15) is 0 Å². The van der Waals surface area contributed by atoms with Crippen LogP contribution in [0.15, 0.2) is 12.3 Å². The van der Waals surface area contributed by atoms with Crippen molar-refractivity contribution in [1.82, 2.24) is 4.98 Å². The van der Waals surface area contributed by atoms with Gasteiger partial charge in [0.25, 0.3) is 0 Å². The first-order valence-electron chi connectivity index (χ1n) is 6.73. The summed E-state index contributed by atoms with van der Waals surface area (Å²) in [6.45, 7) is 0.902. The number of nitrogens with two attached hydrogens (primary N) is 1. The molecule has 0 bridgehead atoms. The summed E-state index contributed by atoms with van der Waals surface area (Å²) in [6.07, 6.45) is 6.88. The Bertz CT molecular complexity index is 507. The number of nitrogen functional groups attached to an aromatic ring is 1. The van der Waals surface area contributed by atoms with Gasteiger partial charge < -0.3 is 15.8 Å². The molecule has 5 nitrogen and oxygen atoms in total. The molecular formula is C14H19N3O2. The molecule has 2 fully saturated rings. The SMILES string of the molecule is COC(=O)c1ccnc(NCC2(C3CC3)CC2)c1N. The Hall–Kier alpha value is -1.78. The molecule has 0 atom stereocenters. The van der Waals surface area contributed by atoms with Crippen molar-refractivity contribution in [3.05, 3.63) is 17.8 Å². The van der Waals surface area contributed by atoms with Gasteiger partial charge in [-0.3, -0.25) is 0 Å². The van der Waals surface area contributed by atoms with Crippen LogP contribution in [0.4, 0.5) is 11.5 Å². The maximum Gasteiger partial charge on any atom is 0.340 e. The van der Waals surface area contributed by atoms with Crippen molar-refractivity contribution < 1.29 is 9.53 Å². The second kappa shape index (κ2) is 4.40. The molecule has 0 unspecified atom stereocenters. The number of hydrogen-bond donors (Lipinski definition) is 2. The van der Waals surface area contributed by atoms with Crippen LogP contribution in [-0.2, 0) is 4.74 Å². The maximum absolute atomic E-state index is 11.6. The van der Waals surface area contributed by atoms with Gasteiger partial charge in [-0.15, -0.1) is 0 Å². The van der Waals surface area contributed by atoms with E-state index in [1.807, 2.05) is 0 Å². The summed E-state index contributed by atoms with van der Waals surface area (Å²) in [5, 5.41) is 3.31. The quantitative estimate of drug-likeness (QED) is 0.793. The molecule has 19 heavy (non-hydrogen) atoms. The second-order valence-electron chi connectivity index (χ2n) is 5.60. The molecule has 102 valence electrons. The Morgan fingerprint density at radius 1 is 1.58 bits per heavy atom. The number of methoxy groups -OCH3 is 1. The molecular weight excluding hydrogens is 242 g/mol. The predicted molar refractivity (Wildman–Crippen MR) is 72.9 cm³/mol. The standard InChI is InChI=1S/C14H19N3O2/c1-19-13(18)10-4-7-16-12(11(10)15)17-8-14(5-6-14)9-2-3-9/h4,7,9H,2-3,5-6,8,15H2,1H3,(H,16,17). The highest BCUT2D eigenvalue weighted by Gasteiger charge is 2.53. The maximum atomic E-state index is 11.6. The van der Waals surface area contributed by atoms with Crippen LogP contribution in [0.25, 0.3) is 0 Å². The van der Waals surface area contributed by atoms with Gasteiger partial charge in [0.15, 0.2) is 0 Å². The summed E-state index contributed by atoms with van der Waals surface area (Å²) in [6, 6.07) is 1.58. The van der Waals surface area contributed by atoms with Crippen molar-refractivity contribution in [2.24, 2.45) is 11.3 Å². The Labute approximate surface area is 112 Å². The third kappa shape index (κ3) is 2.25. The number of ether oxygens (including phenoxy) is 1. The van der Waals surface area contributed by atoms with Crippen LogP contribution in [0.3, 0.4) is 0 Å². The summed E-state index contributed by atoms with van der Waals surface area (Å²) in [7, 11) is 1.35. The monoisotopic (exact) mass is 261 g/mol. The first-order chi connectivity index (χ1) is 9.16. The number of carbonyl (C=O) groups excluding carboxylic acids is 1. The van der Waals surface area contributed by atoms with E-state index in [4.69, 9.17) is 10.5 Å². The van der Waals surface area contributed by atoms with E-state index >= 15 is 0 Å². The molecule has 0 radical (unpaired) electrons. The smallest absolute Gasteiger partial charge is 0.340 e. The lowest BCUT2D eigenvalue weighted by molar-refractivity contribution is 0.0602. The van der Waals surface area contributed by atoms with Gasteiger partial charge in [-0.1, -0.05) is 0 Å². The number of hydrogen-bond acceptors (Lipinski definition) is 5. The molecule has 0 amide bonds. The largest absolute Gasteiger partial charge is 0.465 e. The average molecular weight is 261 g/mol. The van der Waals surface area contributed by atoms with Crippen molar-refractivity contribution in [2.75, 3.05) is 24.7 Å². The van der Waals surface area contributed by atoms with E-state index in [2.05, 4.69) is 10.3 Å². The van der Waals surface area contributed by atoms with E-state index in [0.717, 1.165) is 12.5 Å². The fourth-order valence-corrected chi connectivity index (χ4v) is 2.75. The number of aromatic nitrogens is 1. The highest BCUT2D eigenvalue weighted by Crippen LogP contribution is 2.61. The molecule has 3 rings (SSSR count). The zero-order chi connectivity index (χ0) is 13.5. The molecule has 2 aliphatic rings. The summed E-state index contributed by atoms with van der Waals surface area (Å²) in [5.41, 5.74) is 7.19. The van der Waals surface area contributed by atoms with Gasteiger partial charge in [0.2, 0.25) is 0 Å². The Balaban J connectivity index is 1.72. The Morgan fingerprint density at radius 2 is 2.32 bits per heavy atom.